The molecule has 0 spiro atoms. The number of fused-ring (bicyclic) bond motifs is 2. The van der Waals surface area contributed by atoms with Gasteiger partial charge in [0.25, 0.3) is 0 Å². The molecule has 3 heterocycles. The molecule has 5 rings (SSSR count). The Kier molecular flexibility index (Phi) is 5.31. The van der Waals surface area contributed by atoms with Gasteiger partial charge in [-0.25, -0.2) is 9.97 Å². The van der Waals surface area contributed by atoms with Gasteiger partial charge in [0, 0.05) is 28.9 Å². The van der Waals surface area contributed by atoms with Gasteiger partial charge in [-0.2, -0.15) is 0 Å². The molecule has 166 valence electrons. The van der Waals surface area contributed by atoms with Crippen LogP contribution in [0.2, 0.25) is 0 Å². The first-order valence-electron chi connectivity index (χ1n) is 10.8. The molecule has 0 unspecified atom stereocenters. The fraction of sp³-hybridized carbons (Fsp3) is 0.333. The Morgan fingerprint density at radius 3 is 2.72 bits per heavy atom. The minimum absolute atomic E-state index is 0.0489. The molecule has 3 aromatic heterocycles. The number of nitrogen functional groups attached to an aromatic ring is 2. The van der Waals surface area contributed by atoms with Crippen molar-refractivity contribution in [3.63, 3.8) is 0 Å². The number of anilines is 2. The van der Waals surface area contributed by atoms with Crippen LogP contribution in [-0.2, 0) is 6.42 Å². The lowest BCUT2D eigenvalue weighted by Gasteiger charge is -2.23. The van der Waals surface area contributed by atoms with E-state index < -0.39 is 12.2 Å². The van der Waals surface area contributed by atoms with Crippen LogP contribution in [0.4, 0.5) is 11.5 Å². The number of nitrogens with zero attached hydrogens (tertiary/aromatic N) is 3. The van der Waals surface area contributed by atoms with E-state index in [0.29, 0.717) is 11.5 Å². The number of hydrogen-bond acceptors (Lipinski definition) is 6. The molecular weight excluding hydrogens is 470 g/mol. The molecule has 1 fully saturated rings. The van der Waals surface area contributed by atoms with E-state index in [0.717, 1.165) is 44.8 Å². The predicted octanol–water partition coefficient (Wildman–Crippen LogP) is 3.67. The minimum Gasteiger partial charge on any atom is -0.398 e. The first-order valence-corrected chi connectivity index (χ1v) is 11.6. The second-order valence-electron chi connectivity index (χ2n) is 8.78. The van der Waals surface area contributed by atoms with Gasteiger partial charge in [0.2, 0.25) is 0 Å². The molecule has 1 saturated carbocycles. The normalized spacial score (nSPS) is 25.7. The van der Waals surface area contributed by atoms with Crippen LogP contribution in [0.25, 0.3) is 21.9 Å². The first-order chi connectivity index (χ1) is 15.3. The Morgan fingerprint density at radius 1 is 1.09 bits per heavy atom. The van der Waals surface area contributed by atoms with Crippen LogP contribution in [0.5, 0.6) is 0 Å². The number of aliphatic hydroxyl groups is 2. The highest BCUT2D eigenvalue weighted by Crippen LogP contribution is 2.44. The molecule has 0 bridgehead atoms. The van der Waals surface area contributed by atoms with Crippen molar-refractivity contribution in [1.29, 1.82) is 0 Å². The third-order valence-corrected chi connectivity index (χ3v) is 7.59. The summed E-state index contributed by atoms with van der Waals surface area (Å²) in [5, 5.41) is 23.7. The minimum atomic E-state index is -0.871. The van der Waals surface area contributed by atoms with Crippen LogP contribution >= 0.6 is 15.9 Å². The average molecular weight is 496 g/mol. The molecule has 0 radical (unpaired) electrons. The average Bonchev–Trinajstić information content (AvgIpc) is 3.27. The summed E-state index contributed by atoms with van der Waals surface area (Å²) in [6.07, 6.45) is 3.43. The molecule has 1 aliphatic rings. The molecule has 4 aromatic rings. The summed E-state index contributed by atoms with van der Waals surface area (Å²) < 4.78 is 2.75. The van der Waals surface area contributed by atoms with Crippen LogP contribution in [0, 0.1) is 11.8 Å². The van der Waals surface area contributed by atoms with Gasteiger partial charge >= 0.3 is 0 Å². The molecule has 0 saturated heterocycles. The molecular formula is C24H26BrN5O2. The molecule has 6 N–H and O–H groups in total. The number of pyridine rings is 2. The lowest BCUT2D eigenvalue weighted by atomic mass is 9.88. The SMILES string of the molecule is C[C@H]1[C@H](CCc2ccc3cc(Br)c(N)nc3c2)[C@@H](O)[C@@H](O)[C@@H]1n1ccc2c(N)ccnc21. The number of benzene rings is 1. The lowest BCUT2D eigenvalue weighted by Crippen LogP contribution is -2.29. The fourth-order valence-electron chi connectivity index (χ4n) is 5.19. The summed E-state index contributed by atoms with van der Waals surface area (Å²) in [7, 11) is 0. The zero-order chi connectivity index (χ0) is 22.6. The van der Waals surface area contributed by atoms with Gasteiger partial charge in [0.05, 0.1) is 22.1 Å². The predicted molar refractivity (Wildman–Crippen MR) is 130 cm³/mol. The third kappa shape index (κ3) is 3.43. The molecule has 1 aromatic carbocycles. The van der Waals surface area contributed by atoms with Gasteiger partial charge in [-0.1, -0.05) is 19.1 Å². The fourth-order valence-corrected chi connectivity index (χ4v) is 5.53. The van der Waals surface area contributed by atoms with Crippen LogP contribution in [-0.4, -0.2) is 37.0 Å². The molecule has 1 aliphatic carbocycles. The highest BCUT2D eigenvalue weighted by Gasteiger charge is 2.47. The van der Waals surface area contributed by atoms with E-state index in [1.54, 1.807) is 12.3 Å². The van der Waals surface area contributed by atoms with E-state index in [9.17, 15) is 10.2 Å². The third-order valence-electron chi connectivity index (χ3n) is 6.95. The summed E-state index contributed by atoms with van der Waals surface area (Å²) in [5.41, 5.74) is 15.4. The highest BCUT2D eigenvalue weighted by atomic mass is 79.9. The Balaban J connectivity index is 1.38. The number of nitrogens with two attached hydrogens (primary N) is 2. The summed E-state index contributed by atoms with van der Waals surface area (Å²) in [6.45, 7) is 2.09. The van der Waals surface area contributed by atoms with Crippen molar-refractivity contribution in [3.05, 3.63) is 58.8 Å². The van der Waals surface area contributed by atoms with Crippen LogP contribution in [0.3, 0.4) is 0 Å². The Morgan fingerprint density at radius 2 is 1.91 bits per heavy atom. The van der Waals surface area contributed by atoms with Gasteiger partial charge in [-0.05, 0) is 70.4 Å². The maximum Gasteiger partial charge on any atom is 0.142 e. The van der Waals surface area contributed by atoms with Gasteiger partial charge in [-0.15, -0.1) is 0 Å². The smallest absolute Gasteiger partial charge is 0.142 e. The van der Waals surface area contributed by atoms with E-state index >= 15 is 0 Å². The second kappa shape index (κ2) is 8.03. The van der Waals surface area contributed by atoms with Gasteiger partial charge < -0.3 is 26.2 Å². The number of hydrogen-bond donors (Lipinski definition) is 4. The number of aryl methyl sites for hydroxylation is 1. The molecule has 32 heavy (non-hydrogen) atoms. The Hall–Kier alpha value is -2.68. The number of rotatable bonds is 4. The summed E-state index contributed by atoms with van der Waals surface area (Å²) in [6, 6.07) is 11.6. The van der Waals surface area contributed by atoms with Gasteiger partial charge in [0.15, 0.2) is 0 Å². The van der Waals surface area contributed by atoms with E-state index in [1.807, 2.05) is 35.0 Å². The van der Waals surface area contributed by atoms with Crippen molar-refractivity contribution in [2.45, 2.75) is 38.0 Å². The maximum atomic E-state index is 10.9. The summed E-state index contributed by atoms with van der Waals surface area (Å²) in [4.78, 5) is 8.93. The monoisotopic (exact) mass is 495 g/mol. The van der Waals surface area contributed by atoms with Crippen LogP contribution in [0.15, 0.2) is 53.3 Å². The van der Waals surface area contributed by atoms with Crippen molar-refractivity contribution >= 4 is 49.4 Å². The van der Waals surface area contributed by atoms with E-state index in [4.69, 9.17) is 11.5 Å². The van der Waals surface area contributed by atoms with Gasteiger partial charge in [0.1, 0.15) is 17.6 Å². The zero-order valence-electron chi connectivity index (χ0n) is 17.7. The zero-order valence-corrected chi connectivity index (χ0v) is 19.3. The summed E-state index contributed by atoms with van der Waals surface area (Å²) in [5.74, 6) is 0.477. The van der Waals surface area contributed by atoms with E-state index in [-0.39, 0.29) is 17.9 Å². The Labute approximate surface area is 194 Å². The van der Waals surface area contributed by atoms with Gasteiger partial charge in [-0.3, -0.25) is 0 Å². The number of aromatic nitrogens is 3. The lowest BCUT2D eigenvalue weighted by molar-refractivity contribution is 0.00538. The van der Waals surface area contributed by atoms with E-state index in [1.165, 1.54) is 0 Å². The molecule has 5 atom stereocenters. The topological polar surface area (TPSA) is 123 Å². The molecule has 7 nitrogen and oxygen atoms in total. The first kappa shape index (κ1) is 21.2. The van der Waals surface area contributed by atoms with Crippen molar-refractivity contribution < 1.29 is 10.2 Å². The highest BCUT2D eigenvalue weighted by molar-refractivity contribution is 9.10. The second-order valence-corrected chi connectivity index (χ2v) is 9.63. The maximum absolute atomic E-state index is 10.9. The van der Waals surface area contributed by atoms with E-state index in [2.05, 4.69) is 38.9 Å². The van der Waals surface area contributed by atoms with Crippen LogP contribution < -0.4 is 11.5 Å². The molecule has 0 amide bonds. The molecule has 0 aliphatic heterocycles. The van der Waals surface area contributed by atoms with Crippen molar-refractivity contribution in [2.24, 2.45) is 11.8 Å². The molecule has 8 heteroatoms. The standard InChI is InChI=1S/C24H26BrN5O2/c1-12-15(5-3-13-2-4-14-11-17(25)23(27)29-19(14)10-13)21(31)22(32)20(12)30-9-7-16-18(26)6-8-28-24(16)30/h2,4,6-12,15,20-22,31-32H,3,5H2,1H3,(H2,26,28)(H2,27,29)/t12-,15-,20+,21+,22-/m0/s1. The van der Waals surface area contributed by atoms with Crippen molar-refractivity contribution in [3.8, 4) is 0 Å². The Bertz CT molecular complexity index is 1310. The summed E-state index contributed by atoms with van der Waals surface area (Å²) >= 11 is 3.42. The van der Waals surface area contributed by atoms with Crippen molar-refractivity contribution in [1.82, 2.24) is 14.5 Å². The quantitative estimate of drug-likeness (QED) is 0.342. The largest absolute Gasteiger partial charge is 0.398 e. The van der Waals surface area contributed by atoms with Crippen LogP contribution in [0.1, 0.15) is 24.9 Å². The number of halogens is 1. The number of aliphatic hydroxyl groups excluding tert-OH is 2. The van der Waals surface area contributed by atoms with Crippen molar-refractivity contribution in [2.75, 3.05) is 11.5 Å².